The van der Waals surface area contributed by atoms with Crippen molar-refractivity contribution in [2.24, 2.45) is 0 Å². The molecule has 0 spiro atoms. The summed E-state index contributed by atoms with van der Waals surface area (Å²) in [4.78, 5) is 31.5. The van der Waals surface area contributed by atoms with Crippen molar-refractivity contribution in [1.82, 2.24) is 9.55 Å². The molecule has 1 amide bonds. The second-order valence-electron chi connectivity index (χ2n) is 6.28. The normalized spacial score (nSPS) is 16.2. The summed E-state index contributed by atoms with van der Waals surface area (Å²) < 4.78 is 1.35. The average Bonchev–Trinajstić information content (AvgIpc) is 2.93. The molecule has 0 unspecified atom stereocenters. The van der Waals surface area contributed by atoms with Crippen molar-refractivity contribution in [3.63, 3.8) is 0 Å². The predicted octanol–water partition coefficient (Wildman–Crippen LogP) is 3.03. The fourth-order valence-electron chi connectivity index (χ4n) is 3.41. The maximum absolute atomic E-state index is 12.8. The number of rotatable bonds is 2. The van der Waals surface area contributed by atoms with Crippen LogP contribution >= 0.6 is 11.6 Å². The lowest BCUT2D eigenvalue weighted by Crippen LogP contribution is -2.40. The van der Waals surface area contributed by atoms with E-state index in [1.165, 1.54) is 10.9 Å². The van der Waals surface area contributed by atoms with Gasteiger partial charge in [0.15, 0.2) is 0 Å². The Hall–Kier alpha value is -2.66. The highest BCUT2D eigenvalue weighted by Gasteiger charge is 2.30. The number of halogens is 1. The van der Waals surface area contributed by atoms with Gasteiger partial charge in [0.2, 0.25) is 5.91 Å². The Morgan fingerprint density at radius 2 is 2.08 bits per heavy atom. The summed E-state index contributed by atoms with van der Waals surface area (Å²) in [6, 6.07) is 12.9. The smallest absolute Gasteiger partial charge is 0.261 e. The molecule has 5 nitrogen and oxygen atoms in total. The summed E-state index contributed by atoms with van der Waals surface area (Å²) >= 11 is 5.94. The number of hydrogen-bond donors (Lipinski definition) is 0. The zero-order valence-electron chi connectivity index (χ0n) is 13.6. The lowest BCUT2D eigenvalue weighted by atomic mass is 10.1. The molecule has 4 rings (SSSR count). The molecule has 1 aromatic heterocycles. The Morgan fingerprint density at radius 1 is 1.28 bits per heavy atom. The van der Waals surface area contributed by atoms with Crippen molar-refractivity contribution in [3.05, 3.63) is 69.7 Å². The number of fused-ring (bicyclic) bond motifs is 2. The fraction of sp³-hybridized carbons (Fsp3) is 0.211. The minimum atomic E-state index is -0.241. The van der Waals surface area contributed by atoms with Crippen molar-refractivity contribution in [2.45, 2.75) is 25.9 Å². The van der Waals surface area contributed by atoms with Crippen LogP contribution < -0.4 is 10.5 Å². The molecule has 1 atom stereocenters. The monoisotopic (exact) mass is 353 g/mol. The Balaban J connectivity index is 1.68. The molecule has 0 N–H and O–H groups in total. The third kappa shape index (κ3) is 2.70. The number of benzene rings is 2. The van der Waals surface area contributed by atoms with Crippen molar-refractivity contribution in [1.29, 1.82) is 0 Å². The molecule has 0 saturated carbocycles. The van der Waals surface area contributed by atoms with Crippen LogP contribution in [0.1, 0.15) is 12.5 Å². The molecule has 0 fully saturated rings. The minimum Gasteiger partial charge on any atom is -0.307 e. The van der Waals surface area contributed by atoms with Gasteiger partial charge in [-0.1, -0.05) is 29.8 Å². The van der Waals surface area contributed by atoms with Crippen molar-refractivity contribution in [3.8, 4) is 0 Å². The molecule has 2 heterocycles. The Labute approximate surface area is 149 Å². The van der Waals surface area contributed by atoms with Gasteiger partial charge in [-0.25, -0.2) is 4.98 Å². The summed E-state index contributed by atoms with van der Waals surface area (Å²) in [5.74, 6) is -0.116. The molecule has 126 valence electrons. The van der Waals surface area contributed by atoms with Crippen LogP contribution in [-0.2, 0) is 17.8 Å². The molecule has 0 saturated heterocycles. The first-order chi connectivity index (χ1) is 12.0. The van der Waals surface area contributed by atoms with Crippen molar-refractivity contribution >= 4 is 34.1 Å². The number of hydrogen-bond acceptors (Lipinski definition) is 3. The van der Waals surface area contributed by atoms with Crippen LogP contribution in [0, 0.1) is 0 Å². The van der Waals surface area contributed by atoms with Gasteiger partial charge in [-0.3, -0.25) is 14.2 Å². The Bertz CT molecular complexity index is 1040. The minimum absolute atomic E-state index is 0.0386. The molecule has 2 aromatic carbocycles. The molecular weight excluding hydrogens is 338 g/mol. The van der Waals surface area contributed by atoms with Gasteiger partial charge in [0.1, 0.15) is 6.54 Å². The van der Waals surface area contributed by atoms with E-state index < -0.39 is 0 Å². The van der Waals surface area contributed by atoms with E-state index in [4.69, 9.17) is 11.6 Å². The fourth-order valence-corrected chi connectivity index (χ4v) is 3.58. The summed E-state index contributed by atoms with van der Waals surface area (Å²) in [5.41, 5.74) is 2.37. The van der Waals surface area contributed by atoms with E-state index in [2.05, 4.69) is 4.98 Å². The van der Waals surface area contributed by atoms with Crippen LogP contribution in [-0.4, -0.2) is 21.5 Å². The van der Waals surface area contributed by atoms with E-state index in [1.54, 1.807) is 23.1 Å². The summed E-state index contributed by atoms with van der Waals surface area (Å²) in [7, 11) is 0. The van der Waals surface area contributed by atoms with Gasteiger partial charge in [0.25, 0.3) is 5.56 Å². The van der Waals surface area contributed by atoms with Crippen LogP contribution in [0.3, 0.4) is 0 Å². The molecular formula is C19H16ClN3O2. The molecule has 0 bridgehead atoms. The predicted molar refractivity (Wildman–Crippen MR) is 98.1 cm³/mol. The number of aromatic nitrogens is 2. The molecule has 1 aliphatic heterocycles. The molecule has 25 heavy (non-hydrogen) atoms. The summed E-state index contributed by atoms with van der Waals surface area (Å²) in [6.07, 6.45) is 2.23. The van der Waals surface area contributed by atoms with Gasteiger partial charge in [-0.2, -0.15) is 0 Å². The van der Waals surface area contributed by atoms with E-state index in [-0.39, 0.29) is 24.1 Å². The molecule has 0 radical (unpaired) electrons. The van der Waals surface area contributed by atoms with E-state index in [9.17, 15) is 9.59 Å². The maximum Gasteiger partial charge on any atom is 0.261 e. The highest BCUT2D eigenvalue weighted by molar-refractivity contribution is 6.31. The lowest BCUT2D eigenvalue weighted by molar-refractivity contribution is -0.119. The zero-order chi connectivity index (χ0) is 17.6. The third-order valence-electron chi connectivity index (χ3n) is 4.57. The largest absolute Gasteiger partial charge is 0.307 e. The lowest BCUT2D eigenvalue weighted by Gasteiger charge is -2.23. The van der Waals surface area contributed by atoms with E-state index in [0.29, 0.717) is 15.9 Å². The van der Waals surface area contributed by atoms with Gasteiger partial charge >= 0.3 is 0 Å². The Kier molecular flexibility index (Phi) is 3.81. The van der Waals surface area contributed by atoms with Crippen LogP contribution in [0.15, 0.2) is 53.6 Å². The van der Waals surface area contributed by atoms with E-state index in [1.807, 2.05) is 31.2 Å². The van der Waals surface area contributed by atoms with Gasteiger partial charge in [0.05, 0.1) is 17.2 Å². The highest BCUT2D eigenvalue weighted by Crippen LogP contribution is 2.31. The van der Waals surface area contributed by atoms with Gasteiger partial charge in [-0.15, -0.1) is 0 Å². The van der Waals surface area contributed by atoms with Gasteiger partial charge in [0, 0.05) is 16.8 Å². The second-order valence-corrected chi connectivity index (χ2v) is 6.72. The topological polar surface area (TPSA) is 55.2 Å². The molecule has 1 aliphatic rings. The molecule has 0 aliphatic carbocycles. The van der Waals surface area contributed by atoms with Gasteiger partial charge < -0.3 is 4.90 Å². The van der Waals surface area contributed by atoms with Crippen LogP contribution in [0.2, 0.25) is 5.02 Å². The summed E-state index contributed by atoms with van der Waals surface area (Å²) in [5, 5.41) is 0.977. The van der Waals surface area contributed by atoms with Crippen molar-refractivity contribution < 1.29 is 4.79 Å². The summed E-state index contributed by atoms with van der Waals surface area (Å²) in [6.45, 7) is 1.98. The second kappa shape index (κ2) is 6.01. The van der Waals surface area contributed by atoms with Crippen LogP contribution in [0.4, 0.5) is 5.69 Å². The molecule has 6 heteroatoms. The highest BCUT2D eigenvalue weighted by atomic mass is 35.5. The first kappa shape index (κ1) is 15.8. The number of anilines is 1. The first-order valence-electron chi connectivity index (χ1n) is 8.09. The first-order valence-corrected chi connectivity index (χ1v) is 8.47. The standard InChI is InChI=1S/C19H16ClN3O2/c1-12-8-13-4-2-3-5-17(13)23(12)18(24)10-22-11-21-16-9-14(20)6-7-15(16)19(22)25/h2-7,9,11-12H,8,10H2,1H3/t12-/m0/s1. The SMILES string of the molecule is C[C@H]1Cc2ccccc2N1C(=O)Cn1cnc2cc(Cl)ccc2c1=O. The number of amides is 1. The number of carbonyl (C=O) groups is 1. The van der Waals surface area contributed by atoms with Gasteiger partial charge in [-0.05, 0) is 43.2 Å². The zero-order valence-corrected chi connectivity index (χ0v) is 14.4. The van der Waals surface area contributed by atoms with E-state index in [0.717, 1.165) is 17.7 Å². The quantitative estimate of drug-likeness (QED) is 0.711. The Morgan fingerprint density at radius 3 is 2.92 bits per heavy atom. The number of para-hydroxylation sites is 1. The average molecular weight is 354 g/mol. The van der Waals surface area contributed by atoms with Crippen LogP contribution in [0.5, 0.6) is 0 Å². The molecule has 3 aromatic rings. The van der Waals surface area contributed by atoms with E-state index >= 15 is 0 Å². The van der Waals surface area contributed by atoms with Crippen molar-refractivity contribution in [2.75, 3.05) is 4.90 Å². The third-order valence-corrected chi connectivity index (χ3v) is 4.80. The maximum atomic E-state index is 12.8. The van der Waals surface area contributed by atoms with Crippen LogP contribution in [0.25, 0.3) is 10.9 Å². The number of nitrogens with zero attached hydrogens (tertiary/aromatic N) is 3. The number of carbonyl (C=O) groups excluding carboxylic acids is 1.